The molecule has 0 saturated carbocycles. The highest BCUT2D eigenvalue weighted by atomic mass is 19.1. The maximum absolute atomic E-state index is 13.2. The Kier molecular flexibility index (Phi) is 4.92. The number of benzene rings is 2. The number of carbonyl (C=O) groups excluding carboxylic acids is 2. The van der Waals surface area contributed by atoms with E-state index in [1.54, 1.807) is 19.1 Å². The van der Waals surface area contributed by atoms with E-state index in [0.717, 1.165) is 10.5 Å². The summed E-state index contributed by atoms with van der Waals surface area (Å²) in [7, 11) is 0. The highest BCUT2D eigenvalue weighted by Gasteiger charge is 2.49. The smallest absolute Gasteiger partial charge is 0.325 e. The van der Waals surface area contributed by atoms with Gasteiger partial charge in [-0.25, -0.2) is 14.2 Å². The summed E-state index contributed by atoms with van der Waals surface area (Å²) in [6, 6.07) is 13.0. The second kappa shape index (κ2) is 7.34. The van der Waals surface area contributed by atoms with E-state index >= 15 is 0 Å². The molecule has 1 aliphatic heterocycles. The van der Waals surface area contributed by atoms with Gasteiger partial charge in [-0.05, 0) is 47.7 Å². The Labute approximate surface area is 180 Å². The quantitative estimate of drug-likeness (QED) is 0.617. The lowest BCUT2D eigenvalue weighted by Gasteiger charge is -2.24. The van der Waals surface area contributed by atoms with E-state index in [9.17, 15) is 14.0 Å². The van der Waals surface area contributed by atoms with Gasteiger partial charge in [-0.1, -0.05) is 45.0 Å². The molecule has 1 aliphatic rings. The van der Waals surface area contributed by atoms with E-state index < -0.39 is 11.6 Å². The van der Waals surface area contributed by atoms with Crippen molar-refractivity contribution in [3.8, 4) is 11.5 Å². The van der Waals surface area contributed by atoms with Crippen molar-refractivity contribution < 1.29 is 18.4 Å². The summed E-state index contributed by atoms with van der Waals surface area (Å²) in [6.07, 6.45) is 1.40. The van der Waals surface area contributed by atoms with Crippen molar-refractivity contribution in [1.29, 1.82) is 0 Å². The van der Waals surface area contributed by atoms with Crippen LogP contribution in [0.25, 0.3) is 11.5 Å². The largest absolute Gasteiger partial charge is 0.444 e. The third-order valence-electron chi connectivity index (χ3n) is 5.57. The zero-order chi connectivity index (χ0) is 22.4. The normalized spacial score (nSPS) is 19.1. The maximum Gasteiger partial charge on any atom is 0.325 e. The molecule has 1 fully saturated rings. The van der Waals surface area contributed by atoms with Crippen LogP contribution < -0.4 is 5.32 Å². The van der Waals surface area contributed by atoms with Crippen LogP contribution in [0.1, 0.15) is 44.5 Å². The summed E-state index contributed by atoms with van der Waals surface area (Å²) >= 11 is 0. The molecule has 0 aliphatic carbocycles. The molecule has 2 aromatic carbocycles. The average molecular weight is 421 g/mol. The molecule has 1 atom stereocenters. The molecule has 31 heavy (non-hydrogen) atoms. The topological polar surface area (TPSA) is 75.4 Å². The summed E-state index contributed by atoms with van der Waals surface area (Å²) in [5, 5.41) is 2.81. The van der Waals surface area contributed by atoms with Gasteiger partial charge in [0.25, 0.3) is 5.91 Å². The molecular weight excluding hydrogens is 397 g/mol. The van der Waals surface area contributed by atoms with Crippen LogP contribution in [0.4, 0.5) is 9.18 Å². The van der Waals surface area contributed by atoms with Gasteiger partial charge in [-0.3, -0.25) is 9.69 Å². The Morgan fingerprint density at radius 2 is 1.71 bits per heavy atom. The first-order valence-electron chi connectivity index (χ1n) is 10.0. The Bertz CT molecular complexity index is 1130. The number of nitrogens with zero attached hydrogens (tertiary/aromatic N) is 2. The van der Waals surface area contributed by atoms with Crippen LogP contribution in [0.15, 0.2) is 59.2 Å². The first-order chi connectivity index (χ1) is 14.6. The number of urea groups is 1. The van der Waals surface area contributed by atoms with Crippen molar-refractivity contribution in [3.63, 3.8) is 0 Å². The lowest BCUT2D eigenvalue weighted by Crippen LogP contribution is -2.40. The number of imide groups is 1. The first-order valence-corrected chi connectivity index (χ1v) is 10.0. The molecular formula is C24H24FN3O3. The molecule has 3 amide bonds. The van der Waals surface area contributed by atoms with Gasteiger partial charge < -0.3 is 9.73 Å². The first kappa shape index (κ1) is 20.8. The molecule has 1 aromatic heterocycles. The predicted octanol–water partition coefficient (Wildman–Crippen LogP) is 4.75. The number of rotatable bonds is 4. The summed E-state index contributed by atoms with van der Waals surface area (Å²) in [4.78, 5) is 31.3. The van der Waals surface area contributed by atoms with Crippen molar-refractivity contribution >= 4 is 11.9 Å². The van der Waals surface area contributed by atoms with Crippen molar-refractivity contribution in [3.05, 3.63) is 77.4 Å². The van der Waals surface area contributed by atoms with Gasteiger partial charge in [0.1, 0.15) is 17.6 Å². The predicted molar refractivity (Wildman–Crippen MR) is 113 cm³/mol. The van der Waals surface area contributed by atoms with Crippen LogP contribution in [-0.2, 0) is 22.3 Å². The summed E-state index contributed by atoms with van der Waals surface area (Å²) in [5.74, 6) is -0.417. The van der Waals surface area contributed by atoms with E-state index in [-0.39, 0.29) is 23.7 Å². The second-order valence-electron chi connectivity index (χ2n) is 8.92. The van der Waals surface area contributed by atoms with Gasteiger partial charge in [-0.15, -0.1) is 0 Å². The van der Waals surface area contributed by atoms with Crippen molar-refractivity contribution in [2.75, 3.05) is 0 Å². The van der Waals surface area contributed by atoms with E-state index in [1.165, 1.54) is 18.4 Å². The van der Waals surface area contributed by atoms with E-state index in [4.69, 9.17) is 4.42 Å². The zero-order valence-electron chi connectivity index (χ0n) is 17.9. The number of halogens is 1. The highest BCUT2D eigenvalue weighted by molar-refractivity contribution is 6.07. The van der Waals surface area contributed by atoms with Crippen molar-refractivity contribution in [2.24, 2.45) is 0 Å². The van der Waals surface area contributed by atoms with Crippen molar-refractivity contribution in [1.82, 2.24) is 15.2 Å². The molecule has 4 rings (SSSR count). The van der Waals surface area contributed by atoms with Gasteiger partial charge in [0.05, 0.1) is 12.2 Å². The SMILES string of the molecule is CC(C)(C)c1ccc(C2(C)NC(=O)N(Cc3coc(-c4ccc(F)cc4)n3)C2=O)cc1. The number of amides is 3. The fourth-order valence-corrected chi connectivity index (χ4v) is 3.61. The van der Waals surface area contributed by atoms with Gasteiger partial charge in [0, 0.05) is 5.56 Å². The molecule has 1 N–H and O–H groups in total. The lowest BCUT2D eigenvalue weighted by atomic mass is 9.84. The van der Waals surface area contributed by atoms with Gasteiger partial charge in [0.15, 0.2) is 0 Å². The maximum atomic E-state index is 13.2. The Morgan fingerprint density at radius 1 is 1.06 bits per heavy atom. The third kappa shape index (κ3) is 3.83. The van der Waals surface area contributed by atoms with E-state index in [0.29, 0.717) is 22.7 Å². The molecule has 2 heterocycles. The summed E-state index contributed by atoms with van der Waals surface area (Å²) in [6.45, 7) is 8.03. The van der Waals surface area contributed by atoms with Gasteiger partial charge in [-0.2, -0.15) is 0 Å². The minimum atomic E-state index is -1.16. The number of aromatic nitrogens is 1. The van der Waals surface area contributed by atoms with Crippen LogP contribution in [0.3, 0.4) is 0 Å². The minimum absolute atomic E-state index is 0.0103. The molecule has 1 unspecified atom stereocenters. The van der Waals surface area contributed by atoms with E-state index in [1.807, 2.05) is 24.3 Å². The minimum Gasteiger partial charge on any atom is -0.444 e. The van der Waals surface area contributed by atoms with Crippen molar-refractivity contribution in [2.45, 2.75) is 45.2 Å². The van der Waals surface area contributed by atoms with Crippen LogP contribution in [0.2, 0.25) is 0 Å². The van der Waals surface area contributed by atoms with Crippen LogP contribution >= 0.6 is 0 Å². The molecule has 0 radical (unpaired) electrons. The number of hydrogen-bond donors (Lipinski definition) is 1. The number of nitrogens with one attached hydrogen (secondary N) is 1. The van der Waals surface area contributed by atoms with Gasteiger partial charge >= 0.3 is 6.03 Å². The summed E-state index contributed by atoms with van der Waals surface area (Å²) < 4.78 is 18.6. The fourth-order valence-electron chi connectivity index (χ4n) is 3.61. The Balaban J connectivity index is 1.54. The number of oxazole rings is 1. The third-order valence-corrected chi connectivity index (χ3v) is 5.57. The standard InChI is InChI=1S/C24H24FN3O3/c1-23(2,3)16-7-9-17(10-8-16)24(4)21(29)28(22(30)27-24)13-19-14-31-20(26-19)15-5-11-18(25)12-6-15/h5-12,14H,13H2,1-4H3,(H,27,30). The highest BCUT2D eigenvalue weighted by Crippen LogP contribution is 2.32. The molecule has 1 saturated heterocycles. The van der Waals surface area contributed by atoms with Crippen LogP contribution in [0.5, 0.6) is 0 Å². The summed E-state index contributed by atoms with van der Waals surface area (Å²) in [5.41, 5.74) is 1.72. The van der Waals surface area contributed by atoms with Crippen LogP contribution in [-0.4, -0.2) is 21.8 Å². The second-order valence-corrected chi connectivity index (χ2v) is 8.92. The zero-order valence-corrected chi connectivity index (χ0v) is 17.9. The average Bonchev–Trinajstić information content (AvgIpc) is 3.27. The monoisotopic (exact) mass is 421 g/mol. The number of carbonyl (C=O) groups is 2. The van der Waals surface area contributed by atoms with Crippen LogP contribution in [0, 0.1) is 5.82 Å². The molecule has 6 nitrogen and oxygen atoms in total. The molecule has 3 aromatic rings. The van der Waals surface area contributed by atoms with Gasteiger partial charge in [0.2, 0.25) is 5.89 Å². The molecule has 0 bridgehead atoms. The number of hydrogen-bond acceptors (Lipinski definition) is 4. The molecule has 160 valence electrons. The Hall–Kier alpha value is -3.48. The van der Waals surface area contributed by atoms with E-state index in [2.05, 4.69) is 31.1 Å². The fraction of sp³-hybridized carbons (Fsp3) is 0.292. The molecule has 7 heteroatoms. The molecule has 0 spiro atoms. The Morgan fingerprint density at radius 3 is 2.32 bits per heavy atom. The lowest BCUT2D eigenvalue weighted by molar-refractivity contribution is -0.131.